The van der Waals surface area contributed by atoms with Crippen molar-refractivity contribution < 1.29 is 9.18 Å². The Labute approximate surface area is 149 Å². The van der Waals surface area contributed by atoms with Gasteiger partial charge in [0.05, 0.1) is 5.69 Å². The standard InChI is InChI=1S/C19H16FN3OS/c1-13-10-11-21-19(22-13)25-12-14-6-8-15(9-7-14)18(24)23-17-5-3-2-4-16(17)20/h2-11H,12H2,1H3,(H,23,24). The molecule has 2 aromatic carbocycles. The summed E-state index contributed by atoms with van der Waals surface area (Å²) < 4.78 is 13.6. The predicted molar refractivity (Wildman–Crippen MR) is 97.1 cm³/mol. The number of aromatic nitrogens is 2. The quantitative estimate of drug-likeness (QED) is 0.543. The van der Waals surface area contributed by atoms with Gasteiger partial charge < -0.3 is 5.32 Å². The highest BCUT2D eigenvalue weighted by Crippen LogP contribution is 2.20. The monoisotopic (exact) mass is 353 g/mol. The molecule has 1 N–H and O–H groups in total. The summed E-state index contributed by atoms with van der Waals surface area (Å²) in [5.41, 5.74) is 2.63. The molecule has 0 unspecified atom stereocenters. The summed E-state index contributed by atoms with van der Waals surface area (Å²) in [6.45, 7) is 1.93. The molecule has 0 saturated heterocycles. The lowest BCUT2D eigenvalue weighted by atomic mass is 10.1. The fourth-order valence-electron chi connectivity index (χ4n) is 2.15. The van der Waals surface area contributed by atoms with Gasteiger partial charge in [-0.2, -0.15) is 0 Å². The molecule has 3 aromatic rings. The van der Waals surface area contributed by atoms with Crippen LogP contribution in [-0.4, -0.2) is 15.9 Å². The molecule has 25 heavy (non-hydrogen) atoms. The number of halogens is 1. The molecular formula is C19H16FN3OS. The van der Waals surface area contributed by atoms with Crippen LogP contribution in [0.5, 0.6) is 0 Å². The van der Waals surface area contributed by atoms with Crippen molar-refractivity contribution in [2.45, 2.75) is 17.8 Å². The van der Waals surface area contributed by atoms with Gasteiger partial charge in [-0.1, -0.05) is 36.0 Å². The molecule has 4 nitrogen and oxygen atoms in total. The van der Waals surface area contributed by atoms with E-state index in [9.17, 15) is 9.18 Å². The second kappa shape index (κ2) is 7.90. The lowest BCUT2D eigenvalue weighted by Crippen LogP contribution is -2.12. The number of benzene rings is 2. The van der Waals surface area contributed by atoms with E-state index in [4.69, 9.17) is 0 Å². The summed E-state index contributed by atoms with van der Waals surface area (Å²) in [5, 5.41) is 3.29. The van der Waals surface area contributed by atoms with E-state index in [1.165, 1.54) is 23.9 Å². The molecule has 0 atom stereocenters. The zero-order valence-corrected chi connectivity index (χ0v) is 14.4. The van der Waals surface area contributed by atoms with Crippen molar-refractivity contribution in [3.8, 4) is 0 Å². The van der Waals surface area contributed by atoms with Gasteiger partial charge in [0.2, 0.25) is 0 Å². The van der Waals surface area contributed by atoms with Crippen LogP contribution in [0.2, 0.25) is 0 Å². The number of para-hydroxylation sites is 1. The molecule has 1 aromatic heterocycles. The van der Waals surface area contributed by atoms with E-state index in [2.05, 4.69) is 15.3 Å². The van der Waals surface area contributed by atoms with E-state index in [0.29, 0.717) is 11.3 Å². The SMILES string of the molecule is Cc1ccnc(SCc2ccc(C(=O)Nc3ccccc3F)cc2)n1. The van der Waals surface area contributed by atoms with Gasteiger partial charge in [-0.15, -0.1) is 0 Å². The Morgan fingerprint density at radius 3 is 2.60 bits per heavy atom. The Morgan fingerprint density at radius 1 is 1.12 bits per heavy atom. The van der Waals surface area contributed by atoms with E-state index >= 15 is 0 Å². The number of anilines is 1. The maximum atomic E-state index is 13.6. The third-order valence-electron chi connectivity index (χ3n) is 3.48. The summed E-state index contributed by atoms with van der Waals surface area (Å²) in [7, 11) is 0. The number of nitrogens with zero attached hydrogens (tertiary/aromatic N) is 2. The van der Waals surface area contributed by atoms with Crippen LogP contribution < -0.4 is 5.32 Å². The third-order valence-corrected chi connectivity index (χ3v) is 4.41. The van der Waals surface area contributed by atoms with Crippen molar-refractivity contribution in [1.82, 2.24) is 9.97 Å². The first-order chi connectivity index (χ1) is 12.1. The average molecular weight is 353 g/mol. The first-order valence-corrected chi connectivity index (χ1v) is 8.67. The molecule has 0 radical (unpaired) electrons. The number of hydrogen-bond acceptors (Lipinski definition) is 4. The van der Waals surface area contributed by atoms with Gasteiger partial charge in [0.1, 0.15) is 5.82 Å². The summed E-state index contributed by atoms with van der Waals surface area (Å²) in [4.78, 5) is 20.7. The molecular weight excluding hydrogens is 337 g/mol. The van der Waals surface area contributed by atoms with Gasteiger partial charge in [-0.25, -0.2) is 14.4 Å². The molecule has 0 bridgehead atoms. The van der Waals surface area contributed by atoms with Gasteiger partial charge in [0, 0.05) is 23.2 Å². The molecule has 0 aliphatic rings. The largest absolute Gasteiger partial charge is 0.319 e. The van der Waals surface area contributed by atoms with Crippen LogP contribution in [-0.2, 0) is 5.75 Å². The Hall–Kier alpha value is -2.73. The number of nitrogens with one attached hydrogen (secondary N) is 1. The number of rotatable bonds is 5. The zero-order valence-electron chi connectivity index (χ0n) is 13.6. The minimum absolute atomic E-state index is 0.170. The number of amides is 1. The molecule has 0 saturated carbocycles. The topological polar surface area (TPSA) is 54.9 Å². The van der Waals surface area contributed by atoms with Crippen molar-refractivity contribution in [2.75, 3.05) is 5.32 Å². The van der Waals surface area contributed by atoms with E-state index in [-0.39, 0.29) is 11.6 Å². The van der Waals surface area contributed by atoms with E-state index < -0.39 is 5.82 Å². The molecule has 1 amide bonds. The van der Waals surface area contributed by atoms with Gasteiger partial charge >= 0.3 is 0 Å². The molecule has 126 valence electrons. The summed E-state index contributed by atoms with van der Waals surface area (Å²) in [5.74, 6) is -0.0908. The Balaban J connectivity index is 1.61. The zero-order chi connectivity index (χ0) is 17.6. The Kier molecular flexibility index (Phi) is 5.40. The number of thioether (sulfide) groups is 1. The lowest BCUT2D eigenvalue weighted by molar-refractivity contribution is 0.102. The maximum absolute atomic E-state index is 13.6. The third kappa shape index (κ3) is 4.64. The molecule has 0 fully saturated rings. The molecule has 1 heterocycles. The minimum Gasteiger partial charge on any atom is -0.319 e. The molecule has 0 aliphatic carbocycles. The number of carbonyl (C=O) groups is 1. The Bertz CT molecular complexity index is 884. The Morgan fingerprint density at radius 2 is 1.88 bits per heavy atom. The molecule has 0 aliphatic heterocycles. The minimum atomic E-state index is -0.456. The van der Waals surface area contributed by atoms with Crippen LogP contribution >= 0.6 is 11.8 Å². The summed E-state index contributed by atoms with van der Waals surface area (Å²) in [6.07, 6.45) is 1.74. The van der Waals surface area contributed by atoms with E-state index in [1.54, 1.807) is 30.5 Å². The first kappa shape index (κ1) is 17.1. The van der Waals surface area contributed by atoms with Gasteiger partial charge in [0.25, 0.3) is 5.91 Å². The van der Waals surface area contributed by atoms with Gasteiger partial charge in [-0.3, -0.25) is 4.79 Å². The predicted octanol–water partition coefficient (Wildman–Crippen LogP) is 4.47. The number of carbonyl (C=O) groups excluding carboxylic acids is 1. The van der Waals surface area contributed by atoms with E-state index in [1.807, 2.05) is 25.1 Å². The highest BCUT2D eigenvalue weighted by atomic mass is 32.2. The van der Waals surface area contributed by atoms with Crippen LogP contribution in [0.15, 0.2) is 66.0 Å². The summed E-state index contributed by atoms with van der Waals surface area (Å²) in [6, 6.07) is 15.1. The number of hydrogen-bond donors (Lipinski definition) is 1. The van der Waals surface area contributed by atoms with Gasteiger partial charge in [0.15, 0.2) is 5.16 Å². The van der Waals surface area contributed by atoms with Crippen molar-refractivity contribution >= 4 is 23.4 Å². The van der Waals surface area contributed by atoms with Crippen molar-refractivity contribution in [2.24, 2.45) is 0 Å². The van der Waals surface area contributed by atoms with Crippen LogP contribution in [0, 0.1) is 12.7 Å². The molecule has 6 heteroatoms. The average Bonchev–Trinajstić information content (AvgIpc) is 2.62. The normalized spacial score (nSPS) is 10.5. The molecule has 0 spiro atoms. The van der Waals surface area contributed by atoms with Crippen molar-refractivity contribution in [3.63, 3.8) is 0 Å². The van der Waals surface area contributed by atoms with Crippen LogP contribution in [0.25, 0.3) is 0 Å². The lowest BCUT2D eigenvalue weighted by Gasteiger charge is -2.07. The highest BCUT2D eigenvalue weighted by molar-refractivity contribution is 7.98. The second-order valence-corrected chi connectivity index (χ2v) is 6.34. The smallest absolute Gasteiger partial charge is 0.255 e. The number of aryl methyl sites for hydroxylation is 1. The summed E-state index contributed by atoms with van der Waals surface area (Å²) >= 11 is 1.53. The van der Waals surface area contributed by atoms with Crippen LogP contribution in [0.3, 0.4) is 0 Å². The van der Waals surface area contributed by atoms with Crippen molar-refractivity contribution in [1.29, 1.82) is 0 Å². The fourth-order valence-corrected chi connectivity index (χ4v) is 2.98. The van der Waals surface area contributed by atoms with E-state index in [0.717, 1.165) is 16.4 Å². The second-order valence-electron chi connectivity index (χ2n) is 5.40. The van der Waals surface area contributed by atoms with Crippen LogP contribution in [0.1, 0.15) is 21.6 Å². The van der Waals surface area contributed by atoms with Crippen LogP contribution in [0.4, 0.5) is 10.1 Å². The van der Waals surface area contributed by atoms with Gasteiger partial charge in [-0.05, 0) is 42.8 Å². The first-order valence-electron chi connectivity index (χ1n) is 7.69. The highest BCUT2D eigenvalue weighted by Gasteiger charge is 2.09. The maximum Gasteiger partial charge on any atom is 0.255 e. The van der Waals surface area contributed by atoms with Crippen molar-refractivity contribution in [3.05, 3.63) is 83.4 Å². The fraction of sp³-hybridized carbons (Fsp3) is 0.105. The molecule has 3 rings (SSSR count).